The first-order valence-corrected chi connectivity index (χ1v) is 16.7. The standard InChI is InChI=1S/C36H34F4N6O4S/c1-18(37)35(47)41-15-23-14-26(44-43-23)33-31(29-24(39)12-22(38)13-28(29)50-9-8-49-5)30-25(40)17-51-34(30)32(42-33)20-7-6-19-11-27(36(48)45(2)3)46(4)16-21(19)10-20/h6-7,10,12-14,17,27H,1,8-9,11,15-16H2,2-5H3,(H,41,47)(H,43,44)/t27-/m0/s1. The Morgan fingerprint density at radius 3 is 2.59 bits per heavy atom. The van der Waals surface area contributed by atoms with E-state index >= 15 is 8.78 Å². The summed E-state index contributed by atoms with van der Waals surface area (Å²) in [7, 11) is 6.77. The number of carbonyl (C=O) groups excluding carboxylic acids is 2. The smallest absolute Gasteiger partial charge is 0.279 e. The first-order valence-electron chi connectivity index (χ1n) is 15.8. The zero-order valence-electron chi connectivity index (χ0n) is 28.2. The number of nitrogens with one attached hydrogen (secondary N) is 2. The van der Waals surface area contributed by atoms with Crippen LogP contribution in [0.2, 0.25) is 0 Å². The molecule has 2 amide bonds. The summed E-state index contributed by atoms with van der Waals surface area (Å²) in [6.07, 6.45) is 0.502. The molecule has 1 aliphatic heterocycles. The fraction of sp³-hybridized carbons (Fsp3) is 0.278. The number of aromatic amines is 1. The molecule has 6 rings (SSSR count). The number of aromatic nitrogens is 3. The lowest BCUT2D eigenvalue weighted by Gasteiger charge is -2.34. The maximum absolute atomic E-state index is 16.1. The first kappa shape index (κ1) is 35.7. The predicted molar refractivity (Wildman–Crippen MR) is 185 cm³/mol. The van der Waals surface area contributed by atoms with Crippen LogP contribution in [-0.4, -0.2) is 84.3 Å². The summed E-state index contributed by atoms with van der Waals surface area (Å²) < 4.78 is 71.2. The third kappa shape index (κ3) is 7.09. The maximum Gasteiger partial charge on any atom is 0.279 e. The average Bonchev–Trinajstić information content (AvgIpc) is 3.72. The van der Waals surface area contributed by atoms with Crippen LogP contribution in [0.3, 0.4) is 0 Å². The molecule has 0 radical (unpaired) electrons. The number of benzene rings is 2. The molecule has 15 heteroatoms. The molecule has 2 N–H and O–H groups in total. The molecule has 266 valence electrons. The Morgan fingerprint density at radius 1 is 1.08 bits per heavy atom. The van der Waals surface area contributed by atoms with E-state index < -0.39 is 29.2 Å². The zero-order chi connectivity index (χ0) is 36.6. The minimum absolute atomic E-state index is 0.00366. The quantitative estimate of drug-likeness (QED) is 0.0977. The number of halogens is 4. The molecule has 0 aliphatic carbocycles. The Labute approximate surface area is 294 Å². The molecule has 5 aromatic rings. The second-order valence-electron chi connectivity index (χ2n) is 12.3. The van der Waals surface area contributed by atoms with Gasteiger partial charge in [-0.1, -0.05) is 18.7 Å². The van der Waals surface area contributed by atoms with Gasteiger partial charge in [-0.3, -0.25) is 19.6 Å². The summed E-state index contributed by atoms with van der Waals surface area (Å²) >= 11 is 1.07. The number of H-pyrrole nitrogens is 1. The molecule has 0 unspecified atom stereocenters. The summed E-state index contributed by atoms with van der Waals surface area (Å²) in [5.74, 6) is -4.99. The molecule has 0 bridgehead atoms. The van der Waals surface area contributed by atoms with E-state index in [0.29, 0.717) is 40.7 Å². The molecular weight excluding hydrogens is 688 g/mol. The van der Waals surface area contributed by atoms with Gasteiger partial charge in [-0.25, -0.2) is 22.5 Å². The molecule has 1 atom stereocenters. The van der Waals surface area contributed by atoms with E-state index in [1.165, 1.54) is 18.6 Å². The fourth-order valence-corrected chi connectivity index (χ4v) is 7.06. The van der Waals surface area contributed by atoms with Gasteiger partial charge in [-0.2, -0.15) is 5.10 Å². The van der Waals surface area contributed by atoms with E-state index in [1.807, 2.05) is 30.1 Å². The lowest BCUT2D eigenvalue weighted by molar-refractivity contribution is -0.134. The van der Waals surface area contributed by atoms with Crippen LogP contribution < -0.4 is 10.1 Å². The van der Waals surface area contributed by atoms with Crippen LogP contribution >= 0.6 is 11.3 Å². The number of methoxy groups -OCH3 is 1. The monoisotopic (exact) mass is 722 g/mol. The van der Waals surface area contributed by atoms with Crippen molar-refractivity contribution >= 4 is 33.2 Å². The summed E-state index contributed by atoms with van der Waals surface area (Å²) in [4.78, 5) is 33.2. The highest BCUT2D eigenvalue weighted by atomic mass is 32.1. The SMILES string of the molecule is C=C(F)C(=O)NCc1cc(-c2nc(-c3ccc4c(c3)CN(C)[C@H](C(=O)N(C)C)C4)c3scc(F)c3c2-c2c(F)cc(F)cc2OCCOC)n[nH]1. The van der Waals surface area contributed by atoms with Crippen molar-refractivity contribution in [3.63, 3.8) is 0 Å². The van der Waals surface area contributed by atoms with E-state index in [2.05, 4.69) is 22.1 Å². The van der Waals surface area contributed by atoms with Gasteiger partial charge < -0.3 is 19.7 Å². The minimum Gasteiger partial charge on any atom is -0.490 e. The van der Waals surface area contributed by atoms with Crippen LogP contribution in [0.4, 0.5) is 17.6 Å². The van der Waals surface area contributed by atoms with Crippen molar-refractivity contribution in [1.82, 2.24) is 30.3 Å². The largest absolute Gasteiger partial charge is 0.490 e. The van der Waals surface area contributed by atoms with Gasteiger partial charge in [0, 0.05) is 61.8 Å². The highest BCUT2D eigenvalue weighted by molar-refractivity contribution is 7.17. The van der Waals surface area contributed by atoms with Gasteiger partial charge >= 0.3 is 0 Å². The fourth-order valence-electron chi connectivity index (χ4n) is 6.13. The van der Waals surface area contributed by atoms with Gasteiger partial charge in [-0.05, 0) is 36.7 Å². The molecule has 0 saturated carbocycles. The highest BCUT2D eigenvalue weighted by Gasteiger charge is 2.32. The average molecular weight is 723 g/mol. The number of thiophene rings is 1. The molecule has 4 heterocycles. The number of hydrogen-bond donors (Lipinski definition) is 2. The molecule has 0 spiro atoms. The molecule has 0 fully saturated rings. The Bertz CT molecular complexity index is 2170. The Hall–Kier alpha value is -5.12. The van der Waals surface area contributed by atoms with Crippen LogP contribution in [0, 0.1) is 17.5 Å². The van der Waals surface area contributed by atoms with Crippen molar-refractivity contribution in [3.8, 4) is 39.5 Å². The van der Waals surface area contributed by atoms with Gasteiger partial charge in [0.2, 0.25) is 5.91 Å². The molecule has 0 saturated heterocycles. The second kappa shape index (κ2) is 14.6. The summed E-state index contributed by atoms with van der Waals surface area (Å²) in [6.45, 7) is 3.35. The van der Waals surface area contributed by atoms with Crippen LogP contribution in [0.1, 0.15) is 16.8 Å². The number of hydrogen-bond acceptors (Lipinski definition) is 8. The van der Waals surface area contributed by atoms with Gasteiger partial charge in [0.1, 0.15) is 41.2 Å². The van der Waals surface area contributed by atoms with Gasteiger partial charge in [-0.15, -0.1) is 11.3 Å². The number of nitrogens with zero attached hydrogens (tertiary/aromatic N) is 4. The Balaban J connectivity index is 1.56. The second-order valence-corrected chi connectivity index (χ2v) is 13.2. The lowest BCUT2D eigenvalue weighted by atomic mass is 9.90. The number of likely N-dealkylation sites (N-methyl/N-ethyl adjacent to an activating group) is 2. The highest BCUT2D eigenvalue weighted by Crippen LogP contribution is 2.48. The van der Waals surface area contributed by atoms with E-state index in [4.69, 9.17) is 14.5 Å². The molecule has 3 aromatic heterocycles. The van der Waals surface area contributed by atoms with E-state index in [9.17, 15) is 18.4 Å². The van der Waals surface area contributed by atoms with Crippen molar-refractivity contribution in [3.05, 3.63) is 88.5 Å². The molecule has 1 aliphatic rings. The number of carbonyl (C=O) groups is 2. The topological polar surface area (TPSA) is 113 Å². The van der Waals surface area contributed by atoms with Crippen LogP contribution in [0.5, 0.6) is 5.75 Å². The predicted octanol–water partition coefficient (Wildman–Crippen LogP) is 6.01. The van der Waals surface area contributed by atoms with Crippen molar-refractivity contribution in [1.29, 1.82) is 0 Å². The number of ether oxygens (including phenoxy) is 2. The van der Waals surface area contributed by atoms with Gasteiger partial charge in [0.25, 0.3) is 5.91 Å². The first-order chi connectivity index (χ1) is 24.4. The third-order valence-electron chi connectivity index (χ3n) is 8.62. The Kier molecular flexibility index (Phi) is 10.2. The number of pyridine rings is 1. The van der Waals surface area contributed by atoms with Crippen molar-refractivity contribution in [2.45, 2.75) is 25.6 Å². The summed E-state index contributed by atoms with van der Waals surface area (Å²) in [6, 6.07) is 8.57. The zero-order valence-corrected chi connectivity index (χ0v) is 29.0. The van der Waals surface area contributed by atoms with E-state index in [0.717, 1.165) is 28.5 Å². The summed E-state index contributed by atoms with van der Waals surface area (Å²) in [5, 5.41) is 10.8. The van der Waals surface area contributed by atoms with Crippen molar-refractivity contribution in [2.75, 3.05) is 41.5 Å². The van der Waals surface area contributed by atoms with Crippen molar-refractivity contribution < 1.29 is 36.6 Å². The third-order valence-corrected chi connectivity index (χ3v) is 9.57. The van der Waals surface area contributed by atoms with Gasteiger partial charge in [0.15, 0.2) is 5.83 Å². The number of amides is 2. The Morgan fingerprint density at radius 2 is 1.86 bits per heavy atom. The maximum atomic E-state index is 16.1. The lowest BCUT2D eigenvalue weighted by Crippen LogP contribution is -2.48. The van der Waals surface area contributed by atoms with Crippen LogP contribution in [-0.2, 0) is 33.8 Å². The molecule has 10 nitrogen and oxygen atoms in total. The van der Waals surface area contributed by atoms with Crippen LogP contribution in [0.25, 0.3) is 43.9 Å². The molecule has 51 heavy (non-hydrogen) atoms. The minimum atomic E-state index is -1.18. The molecular formula is C36H34F4N6O4S. The van der Waals surface area contributed by atoms with E-state index in [1.54, 1.807) is 19.0 Å². The normalized spacial score (nSPS) is 14.4. The number of rotatable bonds is 11. The molecule has 2 aromatic carbocycles. The van der Waals surface area contributed by atoms with Crippen molar-refractivity contribution in [2.24, 2.45) is 0 Å². The van der Waals surface area contributed by atoms with E-state index in [-0.39, 0.29) is 65.4 Å². The summed E-state index contributed by atoms with van der Waals surface area (Å²) in [5.41, 5.74) is 3.20. The van der Waals surface area contributed by atoms with Gasteiger partial charge in [0.05, 0.1) is 40.8 Å². The number of fused-ring (bicyclic) bond motifs is 2. The van der Waals surface area contributed by atoms with Crippen LogP contribution in [0.15, 0.2) is 54.2 Å².